The van der Waals surface area contributed by atoms with Gasteiger partial charge in [0.2, 0.25) is 0 Å². The number of benzene rings is 3. The fourth-order valence-corrected chi connectivity index (χ4v) is 4.63. The molecule has 0 bridgehead atoms. The average Bonchev–Trinajstić information content (AvgIpc) is 2.95. The highest BCUT2D eigenvalue weighted by Gasteiger charge is 2.33. The van der Waals surface area contributed by atoms with E-state index in [0.717, 1.165) is 56.3 Å². The Labute approximate surface area is 244 Å². The Hall–Kier alpha value is -3.70. The van der Waals surface area contributed by atoms with Gasteiger partial charge in [0.15, 0.2) is 5.78 Å². The smallest absolute Gasteiger partial charge is 0.404 e. The normalized spacial score (nSPS) is 14.8. The van der Waals surface area contributed by atoms with E-state index in [1.54, 1.807) is 18.2 Å². The van der Waals surface area contributed by atoms with Crippen molar-refractivity contribution in [2.24, 2.45) is 10.7 Å². The van der Waals surface area contributed by atoms with Crippen LogP contribution in [0.5, 0.6) is 0 Å². The summed E-state index contributed by atoms with van der Waals surface area (Å²) in [6.07, 6.45) is -2.67. The number of halogens is 5. The van der Waals surface area contributed by atoms with Crippen LogP contribution < -0.4 is 16.4 Å². The zero-order chi connectivity index (χ0) is 29.6. The van der Waals surface area contributed by atoms with Crippen molar-refractivity contribution in [1.29, 1.82) is 0 Å². The first-order valence-electron chi connectivity index (χ1n) is 12.6. The van der Waals surface area contributed by atoms with Crippen LogP contribution in [0.2, 0.25) is 10.0 Å². The molecule has 0 aromatic heterocycles. The summed E-state index contributed by atoms with van der Waals surface area (Å²) in [5.74, 6) is -1.08. The Balaban J connectivity index is 1.54. The van der Waals surface area contributed by atoms with Crippen LogP contribution in [0.1, 0.15) is 31.8 Å². The third-order valence-electron chi connectivity index (χ3n) is 6.33. The zero-order valence-electron chi connectivity index (χ0n) is 21.6. The Bertz CT molecular complexity index is 1500. The van der Waals surface area contributed by atoms with Crippen molar-refractivity contribution < 1.29 is 22.8 Å². The van der Waals surface area contributed by atoms with Crippen LogP contribution in [0.3, 0.4) is 0 Å². The van der Waals surface area contributed by atoms with Gasteiger partial charge in [0.25, 0.3) is 5.91 Å². The van der Waals surface area contributed by atoms with E-state index in [1.165, 1.54) is 24.3 Å². The molecule has 1 fully saturated rings. The number of hydrogen-bond donors (Lipinski definition) is 3. The van der Waals surface area contributed by atoms with E-state index in [1.807, 2.05) is 6.07 Å². The van der Waals surface area contributed by atoms with Gasteiger partial charge in [0.1, 0.15) is 0 Å². The number of piperazine rings is 1. The van der Waals surface area contributed by atoms with E-state index >= 15 is 0 Å². The molecule has 0 saturated carbocycles. The van der Waals surface area contributed by atoms with Gasteiger partial charge in [0, 0.05) is 61.3 Å². The van der Waals surface area contributed by atoms with Crippen molar-refractivity contribution in [3.05, 3.63) is 105 Å². The summed E-state index contributed by atoms with van der Waals surface area (Å²) in [4.78, 5) is 32.8. The first-order chi connectivity index (χ1) is 19.5. The lowest BCUT2D eigenvalue weighted by atomic mass is 10.0. The molecule has 214 valence electrons. The van der Waals surface area contributed by atoms with E-state index in [0.29, 0.717) is 12.1 Å². The largest absolute Gasteiger partial charge is 0.417 e. The van der Waals surface area contributed by atoms with Crippen LogP contribution in [-0.2, 0) is 12.7 Å². The van der Waals surface area contributed by atoms with Crippen LogP contribution in [0.25, 0.3) is 0 Å². The molecular weight excluding hydrogens is 578 g/mol. The maximum absolute atomic E-state index is 13.4. The highest BCUT2D eigenvalue weighted by Crippen LogP contribution is 2.36. The van der Waals surface area contributed by atoms with Gasteiger partial charge in [-0.15, -0.1) is 0 Å². The maximum atomic E-state index is 13.4. The molecule has 0 aliphatic carbocycles. The highest BCUT2D eigenvalue weighted by molar-refractivity contribution is 6.32. The van der Waals surface area contributed by atoms with E-state index < -0.39 is 28.5 Å². The number of nitrogens with two attached hydrogens (primary N) is 1. The molecular formula is C29H26Cl2F3N5O2. The van der Waals surface area contributed by atoms with Crippen molar-refractivity contribution in [1.82, 2.24) is 10.2 Å². The second kappa shape index (κ2) is 13.3. The van der Waals surface area contributed by atoms with Gasteiger partial charge in [-0.2, -0.15) is 13.2 Å². The van der Waals surface area contributed by atoms with Crippen molar-refractivity contribution >= 4 is 52.5 Å². The van der Waals surface area contributed by atoms with Gasteiger partial charge in [-0.1, -0.05) is 35.3 Å². The Morgan fingerprint density at radius 1 is 1.05 bits per heavy atom. The minimum absolute atomic E-state index is 0.0260. The van der Waals surface area contributed by atoms with E-state index in [4.69, 9.17) is 28.9 Å². The molecule has 1 aliphatic rings. The van der Waals surface area contributed by atoms with Crippen LogP contribution in [-0.4, -0.2) is 49.0 Å². The maximum Gasteiger partial charge on any atom is 0.417 e. The molecule has 1 heterocycles. The molecule has 4 rings (SSSR count). The van der Waals surface area contributed by atoms with Crippen molar-refractivity contribution in [3.8, 4) is 0 Å². The summed E-state index contributed by atoms with van der Waals surface area (Å²) in [7, 11) is 0. The average molecular weight is 604 g/mol. The van der Waals surface area contributed by atoms with Gasteiger partial charge in [0.05, 0.1) is 27.5 Å². The van der Waals surface area contributed by atoms with Gasteiger partial charge < -0.3 is 16.4 Å². The molecule has 0 spiro atoms. The van der Waals surface area contributed by atoms with E-state index in [2.05, 4.69) is 20.5 Å². The summed E-state index contributed by atoms with van der Waals surface area (Å²) in [5.41, 5.74) is 5.97. The fourth-order valence-electron chi connectivity index (χ4n) is 4.23. The quantitative estimate of drug-likeness (QED) is 0.164. The van der Waals surface area contributed by atoms with Crippen LogP contribution in [0, 0.1) is 0 Å². The van der Waals surface area contributed by atoms with Crippen LogP contribution >= 0.6 is 23.2 Å². The third-order valence-corrected chi connectivity index (χ3v) is 6.89. The summed E-state index contributed by atoms with van der Waals surface area (Å²) in [6.45, 7) is 4.34. The minimum Gasteiger partial charge on any atom is -0.404 e. The lowest BCUT2D eigenvalue weighted by Crippen LogP contribution is -2.42. The van der Waals surface area contributed by atoms with Crippen molar-refractivity contribution in [2.75, 3.05) is 31.5 Å². The fraction of sp³-hybridized carbons (Fsp3) is 0.207. The van der Waals surface area contributed by atoms with Gasteiger partial charge in [-0.25, -0.2) is 0 Å². The number of nitrogens with zero attached hydrogens (tertiary/aromatic N) is 2. The number of allylic oxidation sites excluding steroid dienone is 1. The van der Waals surface area contributed by atoms with Gasteiger partial charge in [-0.3, -0.25) is 19.5 Å². The summed E-state index contributed by atoms with van der Waals surface area (Å²) in [5, 5.41) is 5.81. The lowest BCUT2D eigenvalue weighted by molar-refractivity contribution is -0.137. The first kappa shape index (κ1) is 30.3. The second-order valence-electron chi connectivity index (χ2n) is 9.24. The molecule has 1 amide bonds. The topological polar surface area (TPSA) is 99.8 Å². The number of alkyl halides is 3. The molecule has 0 unspecified atom stereocenters. The number of carbonyl (C=O) groups is 2. The molecule has 12 heteroatoms. The monoisotopic (exact) mass is 603 g/mol. The third kappa shape index (κ3) is 7.95. The van der Waals surface area contributed by atoms with E-state index in [-0.39, 0.29) is 27.5 Å². The molecule has 7 nitrogen and oxygen atoms in total. The van der Waals surface area contributed by atoms with Gasteiger partial charge >= 0.3 is 6.18 Å². The number of nitrogens with one attached hydrogen (secondary N) is 2. The zero-order valence-corrected chi connectivity index (χ0v) is 23.2. The predicted octanol–water partition coefficient (Wildman–Crippen LogP) is 6.10. The molecule has 0 radical (unpaired) electrons. The summed E-state index contributed by atoms with van der Waals surface area (Å²) >= 11 is 11.8. The van der Waals surface area contributed by atoms with Crippen LogP contribution in [0.15, 0.2) is 77.4 Å². The number of ketones is 1. The Morgan fingerprint density at radius 2 is 1.80 bits per heavy atom. The minimum atomic E-state index is -4.68. The number of carbonyl (C=O) groups excluding carboxylic acids is 2. The molecule has 3 aromatic rings. The summed E-state index contributed by atoms with van der Waals surface area (Å²) in [6, 6.07) is 14.7. The van der Waals surface area contributed by atoms with Crippen molar-refractivity contribution in [2.45, 2.75) is 12.7 Å². The number of Topliss-reactive ketones (excluding diaryl/α,β-unsaturated/α-hetero) is 1. The number of hydrogen-bond acceptors (Lipinski definition) is 6. The molecule has 1 aliphatic heterocycles. The van der Waals surface area contributed by atoms with Crippen molar-refractivity contribution in [3.63, 3.8) is 0 Å². The number of amides is 1. The SMILES string of the molecule is N/C=C(\C=Nc1ccc(Cl)c(C(F)(F)F)c1)C(=O)c1cc(Cl)ccc1NC(=O)c1cccc(CN2CCNCC2)c1. The standard InChI is InChI=1S/C29H26Cl2F3N5O2/c30-21-4-7-26(38-28(41)19-3-1-2-18(12-19)17-39-10-8-36-9-11-39)23(13-21)27(40)20(15-35)16-37-22-5-6-25(31)24(14-22)29(32,33)34/h1-7,12-16,36H,8-11,17,35H2,(H,38,41)/b20-15+,37-16?. The second-order valence-corrected chi connectivity index (χ2v) is 10.1. The number of aliphatic imine (C=N–C) groups is 1. The Morgan fingerprint density at radius 3 is 2.51 bits per heavy atom. The molecule has 41 heavy (non-hydrogen) atoms. The summed E-state index contributed by atoms with van der Waals surface area (Å²) < 4.78 is 39.6. The molecule has 4 N–H and O–H groups in total. The molecule has 1 saturated heterocycles. The molecule has 3 aromatic carbocycles. The molecule has 0 atom stereocenters. The van der Waals surface area contributed by atoms with Gasteiger partial charge in [-0.05, 0) is 54.1 Å². The van der Waals surface area contributed by atoms with E-state index in [9.17, 15) is 22.8 Å². The number of rotatable bonds is 8. The predicted molar refractivity (Wildman–Crippen MR) is 155 cm³/mol. The van der Waals surface area contributed by atoms with Crippen LogP contribution in [0.4, 0.5) is 24.5 Å². The number of anilines is 1. The Kier molecular flexibility index (Phi) is 9.82. The lowest BCUT2D eigenvalue weighted by Gasteiger charge is -2.27. The highest BCUT2D eigenvalue weighted by atomic mass is 35.5. The first-order valence-corrected chi connectivity index (χ1v) is 13.3.